The van der Waals surface area contributed by atoms with Crippen molar-refractivity contribution in [3.05, 3.63) is 35.9 Å². The number of methoxy groups -OCH3 is 2. The second kappa shape index (κ2) is 7.90. The molecule has 1 aromatic rings. The van der Waals surface area contributed by atoms with Crippen LogP contribution in [0.5, 0.6) is 0 Å². The maximum atomic E-state index is 11.7. The van der Waals surface area contributed by atoms with Crippen molar-refractivity contribution >= 4 is 5.97 Å². The summed E-state index contributed by atoms with van der Waals surface area (Å²) in [6.07, 6.45) is -0.256. The van der Waals surface area contributed by atoms with Gasteiger partial charge in [0, 0.05) is 18.4 Å². The summed E-state index contributed by atoms with van der Waals surface area (Å²) in [5.41, 5.74) is 0.723. The topological polar surface area (TPSA) is 54.0 Å². The van der Waals surface area contributed by atoms with Crippen LogP contribution in [0.15, 0.2) is 30.3 Å². The van der Waals surface area contributed by atoms with Crippen molar-refractivity contribution < 1.29 is 23.7 Å². The predicted molar refractivity (Wildman–Crippen MR) is 85.7 cm³/mol. The lowest BCUT2D eigenvalue weighted by molar-refractivity contribution is -0.273. The van der Waals surface area contributed by atoms with Gasteiger partial charge in [-0.15, -0.1) is 0 Å². The van der Waals surface area contributed by atoms with Gasteiger partial charge in [-0.1, -0.05) is 44.2 Å². The number of benzene rings is 1. The monoisotopic (exact) mass is 322 g/mol. The summed E-state index contributed by atoms with van der Waals surface area (Å²) < 4.78 is 22.2. The van der Waals surface area contributed by atoms with Gasteiger partial charge in [0.15, 0.2) is 6.29 Å². The first kappa shape index (κ1) is 17.9. The first-order valence-corrected chi connectivity index (χ1v) is 7.85. The van der Waals surface area contributed by atoms with Gasteiger partial charge < -0.3 is 18.9 Å². The summed E-state index contributed by atoms with van der Waals surface area (Å²) >= 11 is 0. The fourth-order valence-corrected chi connectivity index (χ4v) is 3.20. The fraction of sp³-hybridized carbons (Fsp3) is 0.611. The smallest absolute Gasteiger partial charge is 0.305 e. The molecule has 0 aliphatic carbocycles. The second-order valence-electron chi connectivity index (χ2n) is 6.48. The Balaban J connectivity index is 2.13. The van der Waals surface area contributed by atoms with Crippen molar-refractivity contribution in [2.24, 2.45) is 11.3 Å². The summed E-state index contributed by atoms with van der Waals surface area (Å²) in [6, 6.07) is 9.99. The van der Waals surface area contributed by atoms with E-state index in [1.165, 1.54) is 7.11 Å². The zero-order valence-corrected chi connectivity index (χ0v) is 14.3. The van der Waals surface area contributed by atoms with Crippen LogP contribution in [-0.4, -0.2) is 39.2 Å². The number of carbonyl (C=O) groups excluding carboxylic acids is 1. The zero-order valence-electron chi connectivity index (χ0n) is 14.3. The molecule has 0 N–H and O–H groups in total. The zero-order chi connectivity index (χ0) is 16.9. The molecule has 1 aliphatic heterocycles. The highest BCUT2D eigenvalue weighted by Gasteiger charge is 2.48. The quantitative estimate of drug-likeness (QED) is 0.754. The van der Waals surface area contributed by atoms with Crippen LogP contribution in [0.2, 0.25) is 0 Å². The summed E-state index contributed by atoms with van der Waals surface area (Å²) in [5.74, 6) is -0.314. The van der Waals surface area contributed by atoms with Crippen molar-refractivity contribution in [1.29, 1.82) is 0 Å². The van der Waals surface area contributed by atoms with Crippen molar-refractivity contribution in [2.75, 3.05) is 20.8 Å². The van der Waals surface area contributed by atoms with Crippen LogP contribution >= 0.6 is 0 Å². The molecule has 1 heterocycles. The summed E-state index contributed by atoms with van der Waals surface area (Å²) in [4.78, 5) is 11.7. The van der Waals surface area contributed by atoms with E-state index < -0.39 is 0 Å². The second-order valence-corrected chi connectivity index (χ2v) is 6.48. The SMILES string of the molecule is COC(=O)C[C@H]1CO[C@H](OC)C(C)(C)[C@H]1OCc1ccccc1. The molecule has 0 bridgehead atoms. The van der Waals surface area contributed by atoms with Crippen LogP contribution in [0.3, 0.4) is 0 Å². The lowest BCUT2D eigenvalue weighted by atomic mass is 9.75. The van der Waals surface area contributed by atoms with Crippen LogP contribution in [0.25, 0.3) is 0 Å². The Morgan fingerprint density at radius 1 is 1.26 bits per heavy atom. The van der Waals surface area contributed by atoms with E-state index in [1.54, 1.807) is 7.11 Å². The summed E-state index contributed by atoms with van der Waals surface area (Å²) in [6.45, 7) is 4.99. The molecule has 3 atom stereocenters. The van der Waals surface area contributed by atoms with E-state index in [-0.39, 0.29) is 36.1 Å². The number of ether oxygens (including phenoxy) is 4. The third-order valence-electron chi connectivity index (χ3n) is 4.37. The molecule has 1 fully saturated rings. The molecule has 0 unspecified atom stereocenters. The molecule has 2 rings (SSSR count). The molecule has 0 aromatic heterocycles. The van der Waals surface area contributed by atoms with Gasteiger partial charge in [0.2, 0.25) is 0 Å². The molecule has 0 radical (unpaired) electrons. The first-order chi connectivity index (χ1) is 11.0. The maximum Gasteiger partial charge on any atom is 0.305 e. The van der Waals surface area contributed by atoms with E-state index in [0.717, 1.165) is 5.56 Å². The third kappa shape index (κ3) is 4.31. The molecule has 1 aliphatic rings. The average molecular weight is 322 g/mol. The molecule has 0 saturated carbocycles. The number of hydrogen-bond acceptors (Lipinski definition) is 5. The van der Waals surface area contributed by atoms with E-state index in [1.807, 2.05) is 44.2 Å². The Hall–Kier alpha value is -1.43. The van der Waals surface area contributed by atoms with Crippen LogP contribution in [0.4, 0.5) is 0 Å². The predicted octanol–water partition coefficient (Wildman–Crippen LogP) is 2.78. The Morgan fingerprint density at radius 3 is 2.57 bits per heavy atom. The number of esters is 1. The molecule has 128 valence electrons. The minimum Gasteiger partial charge on any atom is -0.469 e. The van der Waals surface area contributed by atoms with E-state index >= 15 is 0 Å². The van der Waals surface area contributed by atoms with E-state index in [0.29, 0.717) is 13.2 Å². The Morgan fingerprint density at radius 2 is 1.96 bits per heavy atom. The van der Waals surface area contributed by atoms with E-state index in [9.17, 15) is 4.79 Å². The largest absolute Gasteiger partial charge is 0.469 e. The van der Waals surface area contributed by atoms with Crippen LogP contribution in [0, 0.1) is 11.3 Å². The summed E-state index contributed by atoms with van der Waals surface area (Å²) in [7, 11) is 3.02. The molecule has 1 saturated heterocycles. The maximum absolute atomic E-state index is 11.7. The first-order valence-electron chi connectivity index (χ1n) is 7.85. The lowest BCUT2D eigenvalue weighted by Gasteiger charge is -2.47. The molecule has 5 heteroatoms. The van der Waals surface area contributed by atoms with E-state index in [2.05, 4.69) is 0 Å². The number of carbonyl (C=O) groups is 1. The number of hydrogen-bond donors (Lipinski definition) is 0. The van der Waals surface area contributed by atoms with Gasteiger partial charge in [-0.25, -0.2) is 0 Å². The minimum atomic E-state index is -0.375. The van der Waals surface area contributed by atoms with Crippen molar-refractivity contribution in [1.82, 2.24) is 0 Å². The van der Waals surface area contributed by atoms with Gasteiger partial charge in [0.05, 0.1) is 32.8 Å². The van der Waals surface area contributed by atoms with Gasteiger partial charge in [0.25, 0.3) is 0 Å². The molecule has 0 spiro atoms. The van der Waals surface area contributed by atoms with Gasteiger partial charge in [-0.3, -0.25) is 4.79 Å². The number of rotatable bonds is 6. The molecular formula is C18H26O5. The Bertz CT molecular complexity index is 499. The molecule has 1 aromatic carbocycles. The normalized spacial score (nSPS) is 26.7. The highest BCUT2D eigenvalue weighted by Crippen LogP contribution is 2.40. The van der Waals surface area contributed by atoms with Crippen molar-refractivity contribution in [2.45, 2.75) is 39.3 Å². The lowest BCUT2D eigenvalue weighted by Crippen LogP contribution is -2.54. The molecule has 0 amide bonds. The standard InChI is InChI=1S/C18H26O5/c1-18(2)16(22-11-13-8-6-5-7-9-13)14(10-15(19)20-3)12-23-17(18)21-4/h5-9,14,16-17H,10-12H2,1-4H3/t14-,16-,17-/m0/s1. The van der Waals surface area contributed by atoms with Gasteiger partial charge >= 0.3 is 5.97 Å². The van der Waals surface area contributed by atoms with Crippen LogP contribution in [-0.2, 0) is 30.3 Å². The molecule has 5 nitrogen and oxygen atoms in total. The molecular weight excluding hydrogens is 296 g/mol. The van der Waals surface area contributed by atoms with Gasteiger partial charge in [0.1, 0.15) is 0 Å². The Kier molecular flexibility index (Phi) is 6.16. The van der Waals surface area contributed by atoms with Crippen molar-refractivity contribution in [3.63, 3.8) is 0 Å². The van der Waals surface area contributed by atoms with Gasteiger partial charge in [-0.2, -0.15) is 0 Å². The highest BCUT2D eigenvalue weighted by molar-refractivity contribution is 5.69. The average Bonchev–Trinajstić information content (AvgIpc) is 2.54. The van der Waals surface area contributed by atoms with E-state index in [4.69, 9.17) is 18.9 Å². The van der Waals surface area contributed by atoms with Crippen molar-refractivity contribution in [3.8, 4) is 0 Å². The van der Waals surface area contributed by atoms with Gasteiger partial charge in [-0.05, 0) is 5.56 Å². The highest BCUT2D eigenvalue weighted by atomic mass is 16.7. The summed E-state index contributed by atoms with van der Waals surface area (Å²) in [5, 5.41) is 0. The third-order valence-corrected chi connectivity index (χ3v) is 4.37. The Labute approximate surface area is 137 Å². The van der Waals surface area contributed by atoms with Crippen LogP contribution < -0.4 is 0 Å². The minimum absolute atomic E-state index is 0.0624. The van der Waals surface area contributed by atoms with Crippen LogP contribution in [0.1, 0.15) is 25.8 Å². The fourth-order valence-electron chi connectivity index (χ4n) is 3.20. The molecule has 23 heavy (non-hydrogen) atoms.